The molecule has 1 aromatic heterocycles. The summed E-state index contributed by atoms with van der Waals surface area (Å²) in [5.41, 5.74) is 1.97. The number of phenols is 2. The summed E-state index contributed by atoms with van der Waals surface area (Å²) in [5, 5.41) is 30.8. The van der Waals surface area contributed by atoms with Gasteiger partial charge in [-0.05, 0) is 48.5 Å². The van der Waals surface area contributed by atoms with Crippen LogP contribution in [0.25, 0.3) is 28.5 Å². The maximum absolute atomic E-state index is 12.6. The van der Waals surface area contributed by atoms with Gasteiger partial charge in [0.2, 0.25) is 5.91 Å². The van der Waals surface area contributed by atoms with E-state index in [9.17, 15) is 19.8 Å². The van der Waals surface area contributed by atoms with Gasteiger partial charge in [0.25, 0.3) is 5.91 Å². The van der Waals surface area contributed by atoms with E-state index in [-0.39, 0.29) is 41.6 Å². The summed E-state index contributed by atoms with van der Waals surface area (Å²) in [6.45, 7) is 0.417. The Kier molecular flexibility index (Phi) is 5.43. The van der Waals surface area contributed by atoms with E-state index in [4.69, 9.17) is 0 Å². The number of phenolic OH excluding ortho intramolecular Hbond substituents is 2. The van der Waals surface area contributed by atoms with E-state index in [0.717, 1.165) is 0 Å². The molecule has 4 aromatic rings. The summed E-state index contributed by atoms with van der Waals surface area (Å²) in [6.07, 6.45) is 0.266. The summed E-state index contributed by atoms with van der Waals surface area (Å²) in [5.74, 6) is 0.387. The van der Waals surface area contributed by atoms with E-state index in [1.165, 1.54) is 0 Å². The van der Waals surface area contributed by atoms with Crippen LogP contribution in [0.15, 0.2) is 72.8 Å². The molecule has 0 aliphatic carbocycles. The molecule has 9 nitrogen and oxygen atoms in total. The topological polar surface area (TPSA) is 129 Å². The normalized spacial score (nSPS) is 15.2. The molecule has 34 heavy (non-hydrogen) atoms. The van der Waals surface area contributed by atoms with Gasteiger partial charge in [0.15, 0.2) is 11.6 Å². The molecule has 0 saturated carbocycles. The minimum absolute atomic E-state index is 0.0374. The van der Waals surface area contributed by atoms with E-state index >= 15 is 0 Å². The molecule has 1 unspecified atom stereocenters. The molecule has 9 heteroatoms. The number of carbonyl (C=O) groups excluding carboxylic acids is 2. The van der Waals surface area contributed by atoms with Crippen LogP contribution in [0.2, 0.25) is 0 Å². The van der Waals surface area contributed by atoms with Crippen molar-refractivity contribution >= 4 is 11.8 Å². The Balaban J connectivity index is 1.51. The average Bonchev–Trinajstić information content (AvgIpc) is 3.46. The molecule has 1 aliphatic heterocycles. The van der Waals surface area contributed by atoms with Gasteiger partial charge in [0, 0.05) is 18.5 Å². The molecule has 2 heterocycles. The van der Waals surface area contributed by atoms with Crippen molar-refractivity contribution in [2.75, 3.05) is 6.54 Å². The minimum atomic E-state index is -0.275. The second kappa shape index (κ2) is 8.70. The monoisotopic (exact) mass is 455 g/mol. The first-order valence-corrected chi connectivity index (χ1v) is 10.7. The van der Waals surface area contributed by atoms with Crippen LogP contribution in [0.3, 0.4) is 0 Å². The molecule has 1 saturated heterocycles. The predicted molar refractivity (Wildman–Crippen MR) is 124 cm³/mol. The lowest BCUT2D eigenvalue weighted by atomic mass is 10.1. The Hall–Kier alpha value is -4.66. The Morgan fingerprint density at radius 2 is 1.59 bits per heavy atom. The zero-order valence-electron chi connectivity index (χ0n) is 18.0. The number of hydrogen-bond acceptors (Lipinski definition) is 6. The molecule has 3 aromatic carbocycles. The zero-order chi connectivity index (χ0) is 23.7. The molecule has 0 radical (unpaired) electrons. The second-order valence-corrected chi connectivity index (χ2v) is 7.93. The summed E-state index contributed by atoms with van der Waals surface area (Å²) in [6, 6.07) is 20.0. The van der Waals surface area contributed by atoms with Crippen molar-refractivity contribution in [2.24, 2.45) is 0 Å². The highest BCUT2D eigenvalue weighted by Crippen LogP contribution is 2.33. The number of aromatic hydroxyl groups is 2. The van der Waals surface area contributed by atoms with Gasteiger partial charge in [0.05, 0.1) is 22.9 Å². The summed E-state index contributed by atoms with van der Waals surface area (Å²) in [7, 11) is 0. The van der Waals surface area contributed by atoms with Crippen LogP contribution in [-0.4, -0.2) is 49.4 Å². The number of rotatable bonds is 5. The molecule has 1 aliphatic rings. The highest BCUT2D eigenvalue weighted by atomic mass is 16.3. The fourth-order valence-electron chi connectivity index (χ4n) is 3.84. The number of amides is 2. The predicted octanol–water partition coefficient (Wildman–Crippen LogP) is 2.63. The maximum atomic E-state index is 12.6. The van der Waals surface area contributed by atoms with E-state index < -0.39 is 0 Å². The van der Waals surface area contributed by atoms with Crippen LogP contribution < -0.4 is 10.6 Å². The number of hydrogen-bond donors (Lipinski definition) is 4. The number of nitrogens with zero attached hydrogens (tertiary/aromatic N) is 3. The van der Waals surface area contributed by atoms with Gasteiger partial charge < -0.3 is 20.8 Å². The third-order valence-electron chi connectivity index (χ3n) is 5.58. The largest absolute Gasteiger partial charge is 0.507 e. The SMILES string of the molecule is O=C1CC(NC(=O)c2ccc(-n3nc(-c4ccccc4O)nc3-c3ccccc3O)cc2)CN1. The smallest absolute Gasteiger partial charge is 0.251 e. The van der Waals surface area contributed by atoms with Gasteiger partial charge in [-0.3, -0.25) is 9.59 Å². The van der Waals surface area contributed by atoms with Gasteiger partial charge in [0.1, 0.15) is 11.5 Å². The first-order valence-electron chi connectivity index (χ1n) is 10.7. The highest BCUT2D eigenvalue weighted by molar-refractivity contribution is 5.95. The van der Waals surface area contributed by atoms with Crippen LogP contribution >= 0.6 is 0 Å². The van der Waals surface area contributed by atoms with Gasteiger partial charge in [-0.1, -0.05) is 24.3 Å². The van der Waals surface area contributed by atoms with Crippen LogP contribution in [0, 0.1) is 0 Å². The van der Waals surface area contributed by atoms with E-state index in [0.29, 0.717) is 34.7 Å². The maximum Gasteiger partial charge on any atom is 0.251 e. The lowest BCUT2D eigenvalue weighted by molar-refractivity contribution is -0.119. The van der Waals surface area contributed by atoms with Crippen molar-refractivity contribution in [3.05, 3.63) is 78.4 Å². The Bertz CT molecular complexity index is 1380. The van der Waals surface area contributed by atoms with Crippen LogP contribution in [0.5, 0.6) is 11.5 Å². The van der Waals surface area contributed by atoms with E-state index in [1.54, 1.807) is 77.5 Å². The number of para-hydroxylation sites is 2. The first kappa shape index (κ1) is 21.2. The zero-order valence-corrected chi connectivity index (χ0v) is 18.0. The van der Waals surface area contributed by atoms with E-state index in [2.05, 4.69) is 20.7 Å². The minimum Gasteiger partial charge on any atom is -0.507 e. The molecule has 1 atom stereocenters. The third kappa shape index (κ3) is 4.06. The van der Waals surface area contributed by atoms with Gasteiger partial charge in [-0.25, -0.2) is 9.67 Å². The highest BCUT2D eigenvalue weighted by Gasteiger charge is 2.24. The van der Waals surface area contributed by atoms with E-state index in [1.807, 2.05) is 0 Å². The van der Waals surface area contributed by atoms with Crippen LogP contribution in [0.4, 0.5) is 0 Å². The Labute approximate surface area is 194 Å². The molecule has 1 fully saturated rings. The third-order valence-corrected chi connectivity index (χ3v) is 5.58. The van der Waals surface area contributed by atoms with Crippen molar-refractivity contribution in [3.63, 3.8) is 0 Å². The molecule has 0 bridgehead atoms. The summed E-state index contributed by atoms with van der Waals surface area (Å²) in [4.78, 5) is 28.5. The number of nitrogens with one attached hydrogen (secondary N) is 2. The number of carbonyl (C=O) groups is 2. The van der Waals surface area contributed by atoms with Crippen molar-refractivity contribution in [1.29, 1.82) is 0 Å². The number of benzene rings is 3. The van der Waals surface area contributed by atoms with Gasteiger partial charge in [-0.15, -0.1) is 5.10 Å². The van der Waals surface area contributed by atoms with Crippen molar-refractivity contribution in [1.82, 2.24) is 25.4 Å². The molecule has 0 spiro atoms. The molecule has 4 N–H and O–H groups in total. The lowest BCUT2D eigenvalue weighted by Crippen LogP contribution is -2.36. The summed E-state index contributed by atoms with van der Waals surface area (Å²) >= 11 is 0. The lowest BCUT2D eigenvalue weighted by Gasteiger charge is -2.11. The first-order chi connectivity index (χ1) is 16.5. The molecular formula is C25H21N5O4. The quantitative estimate of drug-likeness (QED) is 0.366. The second-order valence-electron chi connectivity index (χ2n) is 7.93. The molecule has 2 amide bonds. The standard InChI is InChI=1S/C25H21N5O4/c31-20-7-3-1-5-18(20)23-28-24(19-6-2-4-8-21(19)32)30(29-23)17-11-9-15(10-12-17)25(34)27-16-13-22(33)26-14-16/h1-12,16,31-32H,13-14H2,(H,26,33)(H,27,34). The fourth-order valence-corrected chi connectivity index (χ4v) is 3.84. The molecule has 5 rings (SSSR count). The average molecular weight is 455 g/mol. The van der Waals surface area contributed by atoms with Gasteiger partial charge >= 0.3 is 0 Å². The van der Waals surface area contributed by atoms with Crippen LogP contribution in [-0.2, 0) is 4.79 Å². The van der Waals surface area contributed by atoms with Crippen molar-refractivity contribution in [3.8, 4) is 40.0 Å². The Morgan fingerprint density at radius 3 is 2.21 bits per heavy atom. The van der Waals surface area contributed by atoms with Crippen LogP contribution in [0.1, 0.15) is 16.8 Å². The van der Waals surface area contributed by atoms with Crippen molar-refractivity contribution < 1.29 is 19.8 Å². The fraction of sp³-hybridized carbons (Fsp3) is 0.120. The van der Waals surface area contributed by atoms with Gasteiger partial charge in [-0.2, -0.15) is 0 Å². The Morgan fingerprint density at radius 1 is 0.941 bits per heavy atom. The molecule has 170 valence electrons. The van der Waals surface area contributed by atoms with Crippen molar-refractivity contribution in [2.45, 2.75) is 12.5 Å². The summed E-state index contributed by atoms with van der Waals surface area (Å²) < 4.78 is 1.55. The molecular weight excluding hydrogens is 434 g/mol. The number of aromatic nitrogens is 3.